The second-order valence-electron chi connectivity index (χ2n) is 1.71. The Labute approximate surface area is 62.9 Å². The number of nitrogens with zero attached hydrogens (tertiary/aromatic N) is 2. The number of carboxylic acids is 1. The lowest BCUT2D eigenvalue weighted by atomic mass is 10.4. The molecule has 1 rings (SSSR count). The van der Waals surface area contributed by atoms with Gasteiger partial charge in [-0.3, -0.25) is 0 Å². The van der Waals surface area contributed by atoms with Crippen LogP contribution in [0.4, 0.5) is 0 Å². The standard InChI is InChI=1S/C7H4N2O2/c1-2-5-3-4-8-6(9-5)7(10)11/h1,3-4H,(H,10,11). The summed E-state index contributed by atoms with van der Waals surface area (Å²) in [6.07, 6.45) is 6.30. The summed E-state index contributed by atoms with van der Waals surface area (Å²) in [5, 5.41) is 8.41. The molecule has 0 bridgehead atoms. The van der Waals surface area contributed by atoms with Crippen LogP contribution >= 0.6 is 0 Å². The van der Waals surface area contributed by atoms with Gasteiger partial charge < -0.3 is 5.11 Å². The number of carbonyl (C=O) groups is 1. The topological polar surface area (TPSA) is 63.1 Å². The Bertz CT molecular complexity index is 327. The first-order valence-corrected chi connectivity index (χ1v) is 2.77. The van der Waals surface area contributed by atoms with Gasteiger partial charge in [0.25, 0.3) is 0 Å². The van der Waals surface area contributed by atoms with E-state index in [4.69, 9.17) is 11.5 Å². The van der Waals surface area contributed by atoms with Crippen LogP contribution < -0.4 is 0 Å². The van der Waals surface area contributed by atoms with Gasteiger partial charge in [-0.2, -0.15) is 0 Å². The minimum atomic E-state index is -1.18. The van der Waals surface area contributed by atoms with E-state index >= 15 is 0 Å². The van der Waals surface area contributed by atoms with E-state index in [1.807, 2.05) is 0 Å². The van der Waals surface area contributed by atoms with Crippen molar-refractivity contribution in [3.05, 3.63) is 23.8 Å². The zero-order chi connectivity index (χ0) is 8.27. The molecule has 1 N–H and O–H groups in total. The summed E-state index contributed by atoms with van der Waals surface area (Å²) in [6.45, 7) is 0. The zero-order valence-corrected chi connectivity index (χ0v) is 5.48. The molecule has 0 amide bonds. The van der Waals surface area contributed by atoms with E-state index in [-0.39, 0.29) is 11.5 Å². The lowest BCUT2D eigenvalue weighted by Gasteiger charge is -1.91. The molecule has 0 saturated heterocycles. The monoisotopic (exact) mass is 148 g/mol. The van der Waals surface area contributed by atoms with Gasteiger partial charge in [0.1, 0.15) is 5.69 Å². The maximum Gasteiger partial charge on any atom is 0.373 e. The highest BCUT2D eigenvalue weighted by Gasteiger charge is 2.04. The first kappa shape index (κ1) is 7.22. The molecule has 0 saturated carbocycles. The van der Waals surface area contributed by atoms with Gasteiger partial charge in [0.15, 0.2) is 0 Å². The summed E-state index contributed by atoms with van der Waals surface area (Å²) >= 11 is 0. The summed E-state index contributed by atoms with van der Waals surface area (Å²) in [4.78, 5) is 17.3. The summed E-state index contributed by atoms with van der Waals surface area (Å²) < 4.78 is 0. The van der Waals surface area contributed by atoms with E-state index in [0.717, 1.165) is 0 Å². The average molecular weight is 148 g/mol. The van der Waals surface area contributed by atoms with Crippen LogP contribution in [0.25, 0.3) is 0 Å². The summed E-state index contributed by atoms with van der Waals surface area (Å²) in [5.41, 5.74) is 0.275. The highest BCUT2D eigenvalue weighted by Crippen LogP contribution is 1.92. The van der Waals surface area contributed by atoms with Gasteiger partial charge in [-0.25, -0.2) is 14.8 Å². The largest absolute Gasteiger partial charge is 0.475 e. The van der Waals surface area contributed by atoms with Crippen LogP contribution in [0, 0.1) is 12.3 Å². The molecule has 4 nitrogen and oxygen atoms in total. The number of hydrogen-bond donors (Lipinski definition) is 1. The molecule has 0 atom stereocenters. The van der Waals surface area contributed by atoms with E-state index in [1.165, 1.54) is 12.3 Å². The van der Waals surface area contributed by atoms with Crippen molar-refractivity contribution in [3.63, 3.8) is 0 Å². The summed E-state index contributed by atoms with van der Waals surface area (Å²) in [7, 11) is 0. The first-order chi connectivity index (χ1) is 5.24. The third-order valence-corrected chi connectivity index (χ3v) is 0.995. The minimum absolute atomic E-state index is 0.275. The van der Waals surface area contributed by atoms with Crippen molar-refractivity contribution in [1.29, 1.82) is 0 Å². The van der Waals surface area contributed by atoms with Crippen molar-refractivity contribution in [3.8, 4) is 12.3 Å². The Kier molecular flexibility index (Phi) is 1.83. The smallest absolute Gasteiger partial charge is 0.373 e. The molecular formula is C7H4N2O2. The van der Waals surface area contributed by atoms with Gasteiger partial charge >= 0.3 is 5.97 Å². The van der Waals surface area contributed by atoms with Crippen LogP contribution in [0.2, 0.25) is 0 Å². The Morgan fingerprint density at radius 3 is 3.00 bits per heavy atom. The van der Waals surface area contributed by atoms with Gasteiger partial charge in [-0.05, 0) is 6.07 Å². The fourth-order valence-corrected chi connectivity index (χ4v) is 0.542. The summed E-state index contributed by atoms with van der Waals surface area (Å²) in [5.74, 6) is 0.752. The molecule has 0 unspecified atom stereocenters. The first-order valence-electron chi connectivity index (χ1n) is 2.77. The summed E-state index contributed by atoms with van der Waals surface area (Å²) in [6, 6.07) is 1.46. The van der Waals surface area contributed by atoms with Gasteiger partial charge in [0.05, 0.1) is 0 Å². The molecule has 0 aliphatic heterocycles. The van der Waals surface area contributed by atoms with E-state index < -0.39 is 5.97 Å². The third-order valence-electron chi connectivity index (χ3n) is 0.995. The molecule has 11 heavy (non-hydrogen) atoms. The lowest BCUT2D eigenvalue weighted by molar-refractivity contribution is 0.0683. The van der Waals surface area contributed by atoms with E-state index in [2.05, 4.69) is 15.9 Å². The van der Waals surface area contributed by atoms with Gasteiger partial charge in [-0.1, -0.05) is 5.92 Å². The normalized spacial score (nSPS) is 8.64. The van der Waals surface area contributed by atoms with E-state index in [1.54, 1.807) is 0 Å². The van der Waals surface area contributed by atoms with Crippen LogP contribution in [0.3, 0.4) is 0 Å². The molecule has 1 heterocycles. The van der Waals surface area contributed by atoms with Crippen molar-refractivity contribution < 1.29 is 9.90 Å². The highest BCUT2D eigenvalue weighted by atomic mass is 16.4. The molecule has 0 radical (unpaired) electrons. The second-order valence-corrected chi connectivity index (χ2v) is 1.71. The molecule has 0 aliphatic carbocycles. The molecule has 1 aromatic rings. The maximum atomic E-state index is 10.3. The Morgan fingerprint density at radius 1 is 1.73 bits per heavy atom. The lowest BCUT2D eigenvalue weighted by Crippen LogP contribution is -2.04. The fraction of sp³-hybridized carbons (Fsp3) is 0. The average Bonchev–Trinajstić information content (AvgIpc) is 2.05. The molecular weight excluding hydrogens is 144 g/mol. The molecule has 0 spiro atoms. The van der Waals surface area contributed by atoms with Crippen LogP contribution in [0.1, 0.15) is 16.3 Å². The van der Waals surface area contributed by atoms with E-state index in [0.29, 0.717) is 0 Å². The van der Waals surface area contributed by atoms with E-state index in [9.17, 15) is 4.79 Å². The molecule has 1 aromatic heterocycles. The number of terminal acetylenes is 1. The number of aromatic nitrogens is 2. The Morgan fingerprint density at radius 2 is 2.45 bits per heavy atom. The molecule has 4 heteroatoms. The third kappa shape index (κ3) is 1.52. The molecule has 0 fully saturated rings. The van der Waals surface area contributed by atoms with Crippen molar-refractivity contribution in [1.82, 2.24) is 9.97 Å². The van der Waals surface area contributed by atoms with Crippen LogP contribution in [-0.2, 0) is 0 Å². The Balaban J connectivity index is 3.13. The zero-order valence-electron chi connectivity index (χ0n) is 5.48. The maximum absolute atomic E-state index is 10.3. The van der Waals surface area contributed by atoms with Gasteiger partial charge in [0, 0.05) is 6.20 Å². The molecule has 54 valence electrons. The van der Waals surface area contributed by atoms with Gasteiger partial charge in [0.2, 0.25) is 5.82 Å². The highest BCUT2D eigenvalue weighted by molar-refractivity contribution is 5.83. The van der Waals surface area contributed by atoms with Crippen molar-refractivity contribution in [2.75, 3.05) is 0 Å². The van der Waals surface area contributed by atoms with Crippen LogP contribution in [0.5, 0.6) is 0 Å². The predicted molar refractivity (Wildman–Crippen MR) is 36.9 cm³/mol. The number of carboxylic acid groups (broad SMARTS) is 1. The van der Waals surface area contributed by atoms with Crippen molar-refractivity contribution >= 4 is 5.97 Å². The van der Waals surface area contributed by atoms with Crippen LogP contribution in [-0.4, -0.2) is 21.0 Å². The minimum Gasteiger partial charge on any atom is -0.475 e. The quantitative estimate of drug-likeness (QED) is 0.576. The predicted octanol–water partition coefficient (Wildman–Crippen LogP) is 0.156. The molecule has 0 aliphatic rings. The van der Waals surface area contributed by atoms with Gasteiger partial charge in [-0.15, -0.1) is 6.42 Å². The second kappa shape index (κ2) is 2.80. The SMILES string of the molecule is C#Cc1ccnc(C(=O)O)n1. The van der Waals surface area contributed by atoms with Crippen LogP contribution in [0.15, 0.2) is 12.3 Å². The number of rotatable bonds is 1. The van der Waals surface area contributed by atoms with Crippen molar-refractivity contribution in [2.45, 2.75) is 0 Å². The molecule has 0 aromatic carbocycles. The number of hydrogen-bond acceptors (Lipinski definition) is 3. The number of aromatic carboxylic acids is 1. The van der Waals surface area contributed by atoms with Crippen molar-refractivity contribution in [2.24, 2.45) is 0 Å². The fourth-order valence-electron chi connectivity index (χ4n) is 0.542. The Hall–Kier alpha value is -1.89.